The third kappa shape index (κ3) is 4.58. The van der Waals surface area contributed by atoms with E-state index in [1.807, 2.05) is 0 Å². The van der Waals surface area contributed by atoms with Crippen LogP contribution in [0.5, 0.6) is 5.75 Å². The molecule has 2 atom stereocenters. The van der Waals surface area contributed by atoms with Gasteiger partial charge in [0.05, 0.1) is 12.8 Å². The number of anilines is 1. The van der Waals surface area contributed by atoms with Gasteiger partial charge in [-0.1, -0.05) is 5.16 Å². The molecule has 4 heterocycles. The first-order valence-electron chi connectivity index (χ1n) is 9.99. The Morgan fingerprint density at radius 1 is 1.36 bits per heavy atom. The maximum atomic E-state index is 13.0. The minimum atomic E-state index is -1.37. The zero-order chi connectivity index (χ0) is 26.1. The summed E-state index contributed by atoms with van der Waals surface area (Å²) in [6.45, 7) is -1.00. The minimum absolute atomic E-state index is 0.0238. The molecule has 2 aromatic rings. The average molecular weight is 539 g/mol. The number of β-lactam (4-membered cyclic amide) rings is 1. The first-order valence-corrected chi connectivity index (χ1v) is 11.9. The van der Waals surface area contributed by atoms with Gasteiger partial charge in [0, 0.05) is 17.2 Å². The van der Waals surface area contributed by atoms with Gasteiger partial charge in [-0.15, -0.1) is 23.1 Å². The van der Waals surface area contributed by atoms with Crippen molar-refractivity contribution in [1.82, 2.24) is 19.9 Å². The monoisotopic (exact) mass is 538 g/mol. The number of rotatable bonds is 8. The fraction of sp³-hybridized carbons (Fsp3) is 0.263. The number of fused-ring (bicyclic) bond motifs is 1. The third-order valence-electron chi connectivity index (χ3n) is 5.16. The number of pyridine rings is 1. The number of nitrogen functional groups attached to an aromatic ring is 1. The quantitative estimate of drug-likeness (QED) is 0.0974. The number of nitrogens with two attached hydrogens (primary N) is 1. The van der Waals surface area contributed by atoms with E-state index in [9.17, 15) is 39.7 Å². The molecule has 0 unspecified atom stereocenters. The fourth-order valence-electron chi connectivity index (χ4n) is 3.44. The second-order valence-electron chi connectivity index (χ2n) is 7.42. The maximum Gasteiger partial charge on any atom is 0.352 e. The van der Waals surface area contributed by atoms with Gasteiger partial charge in [0.25, 0.3) is 11.8 Å². The molecule has 15 nitrogen and oxygen atoms in total. The van der Waals surface area contributed by atoms with Crippen LogP contribution in [0.3, 0.4) is 0 Å². The van der Waals surface area contributed by atoms with E-state index >= 15 is 0 Å². The predicted molar refractivity (Wildman–Crippen MR) is 124 cm³/mol. The summed E-state index contributed by atoms with van der Waals surface area (Å²) in [6, 6.07) is -0.181. The van der Waals surface area contributed by atoms with Crippen molar-refractivity contribution in [2.75, 3.05) is 18.1 Å². The van der Waals surface area contributed by atoms with Crippen LogP contribution in [0.2, 0.25) is 0 Å². The number of carboxylic acid groups (broad SMARTS) is 1. The number of carbonyl (C=O) groups is 3. The molecule has 17 heteroatoms. The van der Waals surface area contributed by atoms with E-state index in [1.165, 1.54) is 17.1 Å². The smallest absolute Gasteiger partial charge is 0.352 e. The molecule has 2 amide bonds. The molecule has 2 aliphatic rings. The molecule has 0 saturated carbocycles. The van der Waals surface area contributed by atoms with Crippen molar-refractivity contribution in [2.24, 2.45) is 5.16 Å². The summed E-state index contributed by atoms with van der Waals surface area (Å²) in [5.74, 6) is -3.46. The topological polar surface area (TPSA) is 230 Å². The molecule has 0 spiro atoms. The first kappa shape index (κ1) is 25.0. The minimum Gasteiger partial charge on any atom is -0.503 e. The summed E-state index contributed by atoms with van der Waals surface area (Å²) in [5, 5.41) is 45.1. The van der Waals surface area contributed by atoms with E-state index in [2.05, 4.69) is 15.5 Å². The van der Waals surface area contributed by atoms with E-state index < -0.39 is 53.6 Å². The molecular weight excluding hydrogens is 520 g/mol. The standard InChI is InChI=1S/C19H18N6O9S2/c20-19-21-9(6-36-19)12(23-34-4-8-1-10(27)11(28)2-24(8)33)15(29)22-13-16(30)25-14(18(31)32)7(3-26)5-35-17(13)25/h1-2,6,13,17,26,28,33H,3-5H2,(H2,20,21)(H,22,29)(H,31,32)/t13-,17-/m1/s1. The molecule has 2 aromatic heterocycles. The lowest BCUT2D eigenvalue weighted by atomic mass is 10.0. The van der Waals surface area contributed by atoms with E-state index in [0.29, 0.717) is 4.73 Å². The second-order valence-corrected chi connectivity index (χ2v) is 9.41. The Labute approximate surface area is 209 Å². The summed E-state index contributed by atoms with van der Waals surface area (Å²) >= 11 is 2.19. The largest absolute Gasteiger partial charge is 0.503 e. The van der Waals surface area contributed by atoms with Gasteiger partial charge in [0.15, 0.2) is 23.2 Å². The number of aromatic hydroxyl groups is 1. The lowest BCUT2D eigenvalue weighted by Crippen LogP contribution is -2.71. The number of thioether (sulfide) groups is 1. The van der Waals surface area contributed by atoms with Crippen molar-refractivity contribution in [3.05, 3.63) is 50.5 Å². The number of oxime groups is 1. The number of aliphatic hydroxyl groups is 1. The fourth-order valence-corrected chi connectivity index (χ4v) is 5.32. The molecule has 1 saturated heterocycles. The second kappa shape index (κ2) is 9.88. The highest BCUT2D eigenvalue weighted by Gasteiger charge is 2.54. The number of hydrogen-bond donors (Lipinski definition) is 6. The van der Waals surface area contributed by atoms with Gasteiger partial charge in [0.1, 0.15) is 28.5 Å². The average Bonchev–Trinajstić information content (AvgIpc) is 3.27. The Morgan fingerprint density at radius 2 is 2.11 bits per heavy atom. The highest BCUT2D eigenvalue weighted by atomic mass is 32.2. The van der Waals surface area contributed by atoms with Crippen LogP contribution in [0.1, 0.15) is 11.4 Å². The Morgan fingerprint density at radius 3 is 2.75 bits per heavy atom. The number of nitrogens with zero attached hydrogens (tertiary/aromatic N) is 4. The van der Waals surface area contributed by atoms with Gasteiger partial charge in [0.2, 0.25) is 5.43 Å². The molecule has 0 aromatic carbocycles. The summed E-state index contributed by atoms with van der Waals surface area (Å²) in [6.07, 6.45) is 0.761. The van der Waals surface area contributed by atoms with Crippen LogP contribution in [-0.4, -0.2) is 82.4 Å². The molecule has 36 heavy (non-hydrogen) atoms. The lowest BCUT2D eigenvalue weighted by Gasteiger charge is -2.49. The van der Waals surface area contributed by atoms with Crippen LogP contribution in [-0.2, 0) is 25.8 Å². The van der Waals surface area contributed by atoms with Crippen molar-refractivity contribution in [2.45, 2.75) is 18.0 Å². The number of aliphatic hydroxyl groups excluding tert-OH is 1. The van der Waals surface area contributed by atoms with Crippen LogP contribution in [0.15, 0.2) is 38.9 Å². The van der Waals surface area contributed by atoms with Crippen LogP contribution < -0.4 is 16.5 Å². The first-order chi connectivity index (χ1) is 17.1. The highest BCUT2D eigenvalue weighted by Crippen LogP contribution is 2.40. The molecular formula is C19H18N6O9S2. The van der Waals surface area contributed by atoms with Crippen molar-refractivity contribution in [1.29, 1.82) is 0 Å². The highest BCUT2D eigenvalue weighted by molar-refractivity contribution is 8.00. The van der Waals surface area contributed by atoms with Gasteiger partial charge in [-0.05, 0) is 5.57 Å². The normalized spacial score (nSPS) is 19.5. The Hall–Kier alpha value is -4.09. The number of carboxylic acids is 1. The van der Waals surface area contributed by atoms with Gasteiger partial charge < -0.3 is 36.4 Å². The number of aliphatic carboxylic acids is 1. The van der Waals surface area contributed by atoms with Crippen molar-refractivity contribution in [3.63, 3.8) is 0 Å². The number of aromatic nitrogens is 2. The maximum absolute atomic E-state index is 13.0. The van der Waals surface area contributed by atoms with Gasteiger partial charge in [-0.25, -0.2) is 9.78 Å². The summed E-state index contributed by atoms with van der Waals surface area (Å²) < 4.78 is 0.447. The molecule has 0 bridgehead atoms. The molecule has 7 N–H and O–H groups in total. The van der Waals surface area contributed by atoms with Gasteiger partial charge in [-0.3, -0.25) is 19.3 Å². The zero-order valence-corrected chi connectivity index (χ0v) is 19.7. The van der Waals surface area contributed by atoms with E-state index in [4.69, 9.17) is 10.6 Å². The number of thiazole rings is 1. The molecule has 1 fully saturated rings. The lowest BCUT2D eigenvalue weighted by molar-refractivity contribution is -0.150. The Balaban J connectivity index is 1.53. The van der Waals surface area contributed by atoms with Crippen LogP contribution in [0.25, 0.3) is 0 Å². The molecule has 0 aliphatic carbocycles. The third-order valence-corrected chi connectivity index (χ3v) is 7.18. The van der Waals surface area contributed by atoms with Crippen molar-refractivity contribution < 1.29 is 39.7 Å². The SMILES string of the molecule is Nc1nc(C(=NOCc2cc(=O)c(O)cn2O)C(=O)N[C@@H]2C(=O)N3C(C(=O)O)=C(CO)CS[C@H]23)cs1. The van der Waals surface area contributed by atoms with Crippen LogP contribution >= 0.6 is 23.1 Å². The van der Waals surface area contributed by atoms with Gasteiger partial charge >= 0.3 is 5.97 Å². The van der Waals surface area contributed by atoms with E-state index in [1.54, 1.807) is 0 Å². The number of carbonyl (C=O) groups excluding carboxylic acids is 2. The molecule has 4 rings (SSSR count). The Kier molecular flexibility index (Phi) is 6.86. The van der Waals surface area contributed by atoms with Crippen molar-refractivity contribution >= 4 is 51.7 Å². The zero-order valence-electron chi connectivity index (χ0n) is 18.0. The molecule has 0 radical (unpaired) electrons. The summed E-state index contributed by atoms with van der Waals surface area (Å²) in [4.78, 5) is 59.1. The van der Waals surface area contributed by atoms with Crippen LogP contribution in [0.4, 0.5) is 5.13 Å². The van der Waals surface area contributed by atoms with Crippen molar-refractivity contribution in [3.8, 4) is 5.75 Å². The Bertz CT molecular complexity index is 1370. The predicted octanol–water partition coefficient (Wildman–Crippen LogP) is -1.52. The van der Waals surface area contributed by atoms with Gasteiger partial charge in [-0.2, -0.15) is 4.73 Å². The van der Waals surface area contributed by atoms with Crippen LogP contribution in [0, 0.1) is 0 Å². The number of nitrogens with one attached hydrogen (secondary N) is 1. The number of hydrogen-bond acceptors (Lipinski definition) is 13. The van der Waals surface area contributed by atoms with E-state index in [0.717, 1.165) is 28.5 Å². The molecule has 190 valence electrons. The number of amides is 2. The van der Waals surface area contributed by atoms with E-state index in [-0.39, 0.29) is 39.3 Å². The summed E-state index contributed by atoms with van der Waals surface area (Å²) in [7, 11) is 0. The molecule has 2 aliphatic heterocycles. The summed E-state index contributed by atoms with van der Waals surface area (Å²) in [5.41, 5.74) is 4.31.